The summed E-state index contributed by atoms with van der Waals surface area (Å²) in [6, 6.07) is 57.1. The Balaban J connectivity index is 1.20. The van der Waals surface area contributed by atoms with Gasteiger partial charge in [0.15, 0.2) is 0 Å². The summed E-state index contributed by atoms with van der Waals surface area (Å²) in [6.07, 6.45) is 0. The number of thiophene rings is 1. The lowest BCUT2D eigenvalue weighted by Crippen LogP contribution is -2.10. The van der Waals surface area contributed by atoms with E-state index in [9.17, 15) is 0 Å². The van der Waals surface area contributed by atoms with Crippen molar-refractivity contribution in [3.05, 3.63) is 158 Å². The van der Waals surface area contributed by atoms with E-state index >= 15 is 0 Å². The van der Waals surface area contributed by atoms with Crippen molar-refractivity contribution < 1.29 is 0 Å². The van der Waals surface area contributed by atoms with E-state index in [0.29, 0.717) is 0 Å². The molecule has 0 saturated carbocycles. The first-order valence-electron chi connectivity index (χ1n) is 15.8. The molecule has 1 aliphatic carbocycles. The molecule has 0 amide bonds. The molecule has 9 aromatic rings. The minimum atomic E-state index is 1.06. The molecule has 4 heteroatoms. The van der Waals surface area contributed by atoms with Crippen LogP contribution in [-0.2, 0) is 0 Å². The molecule has 47 heavy (non-hydrogen) atoms. The number of nitrogens with zero attached hydrogens (tertiary/aromatic N) is 2. The van der Waals surface area contributed by atoms with E-state index in [1.807, 2.05) is 11.3 Å². The fourth-order valence-corrected chi connectivity index (χ4v) is 9.32. The van der Waals surface area contributed by atoms with Crippen molar-refractivity contribution >= 4 is 70.7 Å². The molecular formula is C43H26N2S2. The van der Waals surface area contributed by atoms with Gasteiger partial charge in [-0.05, 0) is 64.4 Å². The quantitative estimate of drug-likeness (QED) is 0.187. The highest BCUT2D eigenvalue weighted by Gasteiger charge is 2.28. The van der Waals surface area contributed by atoms with Crippen LogP contribution in [-0.4, -0.2) is 4.98 Å². The van der Waals surface area contributed by atoms with Crippen LogP contribution < -0.4 is 4.90 Å². The Bertz CT molecular complexity index is 2630. The second-order valence-corrected chi connectivity index (χ2v) is 14.1. The zero-order valence-corrected chi connectivity index (χ0v) is 26.9. The number of hydrogen-bond acceptors (Lipinski definition) is 4. The number of fused-ring (bicyclic) bond motifs is 6. The van der Waals surface area contributed by atoms with Crippen LogP contribution >= 0.6 is 22.7 Å². The van der Waals surface area contributed by atoms with Crippen LogP contribution in [0.25, 0.3) is 74.3 Å². The largest absolute Gasteiger partial charge is 0.310 e. The summed E-state index contributed by atoms with van der Waals surface area (Å²) in [7, 11) is 0. The van der Waals surface area contributed by atoms with E-state index in [-0.39, 0.29) is 0 Å². The zero-order chi connectivity index (χ0) is 30.9. The Morgan fingerprint density at radius 1 is 0.447 bits per heavy atom. The van der Waals surface area contributed by atoms with E-state index in [2.05, 4.69) is 163 Å². The zero-order valence-electron chi connectivity index (χ0n) is 25.2. The molecule has 0 saturated heterocycles. The minimum absolute atomic E-state index is 1.06. The smallest absolute Gasteiger partial charge is 0.124 e. The van der Waals surface area contributed by atoms with E-state index in [0.717, 1.165) is 33.3 Å². The fraction of sp³-hybridized carbons (Fsp3) is 0. The van der Waals surface area contributed by atoms with Crippen molar-refractivity contribution in [2.75, 3.05) is 4.90 Å². The van der Waals surface area contributed by atoms with Crippen molar-refractivity contribution in [3.63, 3.8) is 0 Å². The lowest BCUT2D eigenvalue weighted by atomic mass is 10.0. The van der Waals surface area contributed by atoms with Crippen LogP contribution in [0.5, 0.6) is 0 Å². The fourth-order valence-electron chi connectivity index (χ4n) is 7.06. The number of benzene rings is 7. The van der Waals surface area contributed by atoms with Crippen molar-refractivity contribution in [3.8, 4) is 43.4 Å². The van der Waals surface area contributed by atoms with Crippen LogP contribution in [0, 0.1) is 0 Å². The van der Waals surface area contributed by atoms with Crippen molar-refractivity contribution in [2.24, 2.45) is 0 Å². The SMILES string of the molecule is c1ccc(-c2cccc(N(c3cc4c5c(cccc5c3)-c3sc(-c5ccccc5)nc3-4)c3ccc4c(c3)sc3ccccc34)c2)cc1. The van der Waals surface area contributed by atoms with Crippen molar-refractivity contribution in [1.29, 1.82) is 0 Å². The Morgan fingerprint density at radius 3 is 2.04 bits per heavy atom. The van der Waals surface area contributed by atoms with Crippen LogP contribution in [0.4, 0.5) is 17.1 Å². The van der Waals surface area contributed by atoms with Crippen molar-refractivity contribution in [2.45, 2.75) is 0 Å². The highest BCUT2D eigenvalue weighted by atomic mass is 32.1. The highest BCUT2D eigenvalue weighted by molar-refractivity contribution is 7.25. The maximum absolute atomic E-state index is 5.27. The molecule has 0 unspecified atom stereocenters. The number of anilines is 3. The first-order chi connectivity index (χ1) is 23.3. The van der Waals surface area contributed by atoms with Gasteiger partial charge in [0.1, 0.15) is 5.01 Å². The molecule has 1 aliphatic rings. The molecule has 0 aliphatic heterocycles. The van der Waals surface area contributed by atoms with E-state index in [1.165, 1.54) is 58.1 Å². The number of hydrogen-bond donors (Lipinski definition) is 0. The molecule has 0 radical (unpaired) electrons. The number of rotatable bonds is 5. The molecule has 2 heterocycles. The maximum Gasteiger partial charge on any atom is 0.124 e. The van der Waals surface area contributed by atoms with Gasteiger partial charge in [-0.15, -0.1) is 22.7 Å². The van der Waals surface area contributed by atoms with E-state index in [4.69, 9.17) is 4.98 Å². The molecule has 220 valence electrons. The van der Waals surface area contributed by atoms with Gasteiger partial charge in [0, 0.05) is 53.9 Å². The highest BCUT2D eigenvalue weighted by Crippen LogP contribution is 2.53. The van der Waals surface area contributed by atoms with Gasteiger partial charge < -0.3 is 4.90 Å². The normalized spacial score (nSPS) is 11.8. The minimum Gasteiger partial charge on any atom is -0.310 e. The first kappa shape index (κ1) is 26.6. The monoisotopic (exact) mass is 634 g/mol. The summed E-state index contributed by atoms with van der Waals surface area (Å²) in [5, 5.41) is 6.20. The van der Waals surface area contributed by atoms with E-state index < -0.39 is 0 Å². The number of aromatic nitrogens is 1. The predicted octanol–water partition coefficient (Wildman–Crippen LogP) is 13.1. The maximum atomic E-state index is 5.27. The summed E-state index contributed by atoms with van der Waals surface area (Å²) in [5.41, 5.74) is 10.5. The summed E-state index contributed by atoms with van der Waals surface area (Å²) in [4.78, 5) is 8.94. The lowest BCUT2D eigenvalue weighted by Gasteiger charge is -2.27. The van der Waals surface area contributed by atoms with E-state index in [1.54, 1.807) is 11.3 Å². The second kappa shape index (κ2) is 10.5. The average molecular weight is 635 g/mol. The van der Waals surface area contributed by atoms with Gasteiger partial charge >= 0.3 is 0 Å². The van der Waals surface area contributed by atoms with Gasteiger partial charge in [-0.25, -0.2) is 4.98 Å². The summed E-state index contributed by atoms with van der Waals surface area (Å²) < 4.78 is 2.60. The van der Waals surface area contributed by atoms with Gasteiger partial charge in [-0.2, -0.15) is 0 Å². The molecule has 2 nitrogen and oxygen atoms in total. The third kappa shape index (κ3) is 4.26. The number of thiazole rings is 1. The molecule has 2 aromatic heterocycles. The third-order valence-electron chi connectivity index (χ3n) is 9.20. The molecule has 0 N–H and O–H groups in total. The average Bonchev–Trinajstić information content (AvgIpc) is 3.82. The second-order valence-electron chi connectivity index (χ2n) is 12.0. The van der Waals surface area contributed by atoms with Gasteiger partial charge in [-0.1, -0.05) is 115 Å². The van der Waals surface area contributed by atoms with Crippen LogP contribution in [0.3, 0.4) is 0 Å². The Labute approximate surface area is 280 Å². The van der Waals surface area contributed by atoms with Gasteiger partial charge in [0.2, 0.25) is 0 Å². The summed E-state index contributed by atoms with van der Waals surface area (Å²) >= 11 is 3.65. The Kier molecular flexibility index (Phi) is 5.95. The van der Waals surface area contributed by atoms with Crippen LogP contribution in [0.2, 0.25) is 0 Å². The molecule has 0 fully saturated rings. The molecule has 0 spiro atoms. The third-order valence-corrected chi connectivity index (χ3v) is 11.5. The van der Waals surface area contributed by atoms with Gasteiger partial charge in [-0.3, -0.25) is 0 Å². The standard InChI is InChI=1S/C43H26N2S2/c1-3-11-27(12-4-1)29-15-9-17-31(23-29)45(32-21-22-35-34-18-7-8-20-38(34)46-39(35)26-32)33-24-30-16-10-19-36-40(30)37(25-33)41-42(36)47-43(44-41)28-13-5-2-6-14-28/h1-26H. The lowest BCUT2D eigenvalue weighted by molar-refractivity contribution is 1.29. The van der Waals surface area contributed by atoms with Gasteiger partial charge in [0.05, 0.1) is 10.6 Å². The van der Waals surface area contributed by atoms with Crippen LogP contribution in [0.15, 0.2) is 158 Å². The molecule has 10 rings (SSSR count). The first-order valence-corrected chi connectivity index (χ1v) is 17.4. The predicted molar refractivity (Wildman–Crippen MR) is 202 cm³/mol. The molecule has 0 atom stereocenters. The Morgan fingerprint density at radius 2 is 1.17 bits per heavy atom. The molecule has 7 aromatic carbocycles. The topological polar surface area (TPSA) is 16.1 Å². The summed E-state index contributed by atoms with van der Waals surface area (Å²) in [6.45, 7) is 0. The van der Waals surface area contributed by atoms with Gasteiger partial charge in [0.25, 0.3) is 0 Å². The molecular weight excluding hydrogens is 609 g/mol. The van der Waals surface area contributed by atoms with Crippen molar-refractivity contribution in [1.82, 2.24) is 4.98 Å². The van der Waals surface area contributed by atoms with Crippen LogP contribution in [0.1, 0.15) is 0 Å². The Hall–Kier alpha value is -5.55. The summed E-state index contributed by atoms with van der Waals surface area (Å²) in [5.74, 6) is 0. The molecule has 0 bridgehead atoms.